The van der Waals surface area contributed by atoms with Crippen molar-refractivity contribution >= 4 is 0 Å². The monoisotopic (exact) mass is 207 g/mol. The number of benzene rings is 1. The van der Waals surface area contributed by atoms with Gasteiger partial charge in [0.2, 0.25) is 0 Å². The molecular weight excluding hydrogens is 197 g/mol. The van der Waals surface area contributed by atoms with Crippen LogP contribution in [0, 0.1) is 12.7 Å². The van der Waals surface area contributed by atoms with Crippen molar-refractivity contribution in [1.29, 1.82) is 0 Å². The molecule has 0 unspecified atom stereocenters. The van der Waals surface area contributed by atoms with E-state index in [9.17, 15) is 4.39 Å². The molecular formula is C10H10FN3O. The molecule has 1 heterocycles. The van der Waals surface area contributed by atoms with Crippen LogP contribution in [-0.2, 0) is 0 Å². The van der Waals surface area contributed by atoms with E-state index in [0.717, 1.165) is 0 Å². The van der Waals surface area contributed by atoms with Crippen LogP contribution in [0.3, 0.4) is 0 Å². The largest absolute Gasteiger partial charge is 0.494 e. The molecule has 2 aromatic rings. The van der Waals surface area contributed by atoms with E-state index >= 15 is 0 Å². The number of nitrogens with zero attached hydrogens (tertiary/aromatic N) is 3. The maximum atomic E-state index is 13.6. The number of methoxy groups -OCH3 is 1. The average Bonchev–Trinajstić information content (AvgIpc) is 2.64. The van der Waals surface area contributed by atoms with Crippen LogP contribution in [0.15, 0.2) is 24.5 Å². The molecule has 2 rings (SSSR count). The average molecular weight is 207 g/mol. The SMILES string of the molecule is COc1cccc(F)c1-n1cnc(C)n1. The molecule has 0 saturated carbocycles. The molecule has 0 amide bonds. The minimum Gasteiger partial charge on any atom is -0.494 e. The topological polar surface area (TPSA) is 39.9 Å². The zero-order valence-electron chi connectivity index (χ0n) is 8.44. The van der Waals surface area contributed by atoms with Gasteiger partial charge in [-0.05, 0) is 19.1 Å². The molecule has 0 aliphatic carbocycles. The summed E-state index contributed by atoms with van der Waals surface area (Å²) in [6.45, 7) is 1.74. The fraction of sp³-hybridized carbons (Fsp3) is 0.200. The molecule has 0 spiro atoms. The quantitative estimate of drug-likeness (QED) is 0.752. The first-order valence-electron chi connectivity index (χ1n) is 4.43. The second-order valence-electron chi connectivity index (χ2n) is 3.03. The van der Waals surface area contributed by atoms with Crippen molar-refractivity contribution in [2.75, 3.05) is 7.11 Å². The van der Waals surface area contributed by atoms with E-state index in [-0.39, 0.29) is 11.5 Å². The fourth-order valence-corrected chi connectivity index (χ4v) is 1.34. The zero-order chi connectivity index (χ0) is 10.8. The van der Waals surface area contributed by atoms with Crippen molar-refractivity contribution in [3.05, 3.63) is 36.2 Å². The summed E-state index contributed by atoms with van der Waals surface area (Å²) >= 11 is 0. The first-order valence-corrected chi connectivity index (χ1v) is 4.43. The molecule has 1 aromatic heterocycles. The Morgan fingerprint density at radius 1 is 1.40 bits per heavy atom. The lowest BCUT2D eigenvalue weighted by Gasteiger charge is -2.08. The predicted octanol–water partition coefficient (Wildman–Crippen LogP) is 1.72. The Morgan fingerprint density at radius 2 is 2.20 bits per heavy atom. The first-order chi connectivity index (χ1) is 7.22. The van der Waals surface area contributed by atoms with E-state index in [0.29, 0.717) is 11.6 Å². The smallest absolute Gasteiger partial charge is 0.152 e. The number of hydrogen-bond donors (Lipinski definition) is 0. The summed E-state index contributed by atoms with van der Waals surface area (Å²) < 4.78 is 20.0. The van der Waals surface area contributed by atoms with E-state index < -0.39 is 0 Å². The van der Waals surface area contributed by atoms with E-state index in [1.54, 1.807) is 19.1 Å². The van der Waals surface area contributed by atoms with Gasteiger partial charge in [0.1, 0.15) is 23.6 Å². The van der Waals surface area contributed by atoms with Crippen LogP contribution in [0.25, 0.3) is 5.69 Å². The molecule has 78 valence electrons. The molecule has 4 nitrogen and oxygen atoms in total. The summed E-state index contributed by atoms with van der Waals surface area (Å²) in [5, 5.41) is 4.04. The van der Waals surface area contributed by atoms with Crippen molar-refractivity contribution in [3.8, 4) is 11.4 Å². The number of ether oxygens (including phenoxy) is 1. The minimum atomic E-state index is -0.390. The van der Waals surface area contributed by atoms with Crippen LogP contribution in [-0.4, -0.2) is 21.9 Å². The summed E-state index contributed by atoms with van der Waals surface area (Å²) in [5.41, 5.74) is 0.278. The molecule has 0 radical (unpaired) electrons. The number of para-hydroxylation sites is 1. The second kappa shape index (κ2) is 3.68. The lowest BCUT2D eigenvalue weighted by atomic mass is 10.3. The third kappa shape index (κ3) is 1.68. The molecule has 0 bridgehead atoms. The van der Waals surface area contributed by atoms with Gasteiger partial charge in [-0.1, -0.05) is 6.07 Å². The van der Waals surface area contributed by atoms with E-state index in [4.69, 9.17) is 4.74 Å². The Morgan fingerprint density at radius 3 is 2.80 bits per heavy atom. The maximum Gasteiger partial charge on any atom is 0.152 e. The third-order valence-electron chi connectivity index (χ3n) is 2.01. The van der Waals surface area contributed by atoms with Gasteiger partial charge in [-0.15, -0.1) is 0 Å². The number of hydrogen-bond acceptors (Lipinski definition) is 3. The van der Waals surface area contributed by atoms with Gasteiger partial charge in [0.25, 0.3) is 0 Å². The maximum absolute atomic E-state index is 13.6. The molecule has 5 heteroatoms. The van der Waals surface area contributed by atoms with Gasteiger partial charge in [-0.25, -0.2) is 14.1 Å². The van der Waals surface area contributed by atoms with Gasteiger partial charge in [0, 0.05) is 0 Å². The minimum absolute atomic E-state index is 0.278. The van der Waals surface area contributed by atoms with Crippen LogP contribution < -0.4 is 4.74 Å². The lowest BCUT2D eigenvalue weighted by molar-refractivity contribution is 0.407. The van der Waals surface area contributed by atoms with Crippen molar-refractivity contribution < 1.29 is 9.13 Å². The number of aryl methyl sites for hydroxylation is 1. The van der Waals surface area contributed by atoms with E-state index in [2.05, 4.69) is 10.1 Å². The van der Waals surface area contributed by atoms with Gasteiger partial charge < -0.3 is 4.74 Å². The third-order valence-corrected chi connectivity index (χ3v) is 2.01. The Labute approximate surface area is 86.3 Å². The summed E-state index contributed by atoms with van der Waals surface area (Å²) in [6.07, 6.45) is 1.45. The summed E-state index contributed by atoms with van der Waals surface area (Å²) in [5.74, 6) is 0.624. The van der Waals surface area contributed by atoms with Crippen molar-refractivity contribution in [2.45, 2.75) is 6.92 Å². The van der Waals surface area contributed by atoms with Crippen LogP contribution in [0.4, 0.5) is 4.39 Å². The van der Waals surface area contributed by atoms with E-state index in [1.807, 2.05) is 0 Å². The Kier molecular flexibility index (Phi) is 2.37. The van der Waals surface area contributed by atoms with Crippen LogP contribution in [0.5, 0.6) is 5.75 Å². The highest BCUT2D eigenvalue weighted by atomic mass is 19.1. The van der Waals surface area contributed by atoms with Crippen LogP contribution in [0.1, 0.15) is 5.82 Å². The highest BCUT2D eigenvalue weighted by molar-refractivity contribution is 5.46. The fourth-order valence-electron chi connectivity index (χ4n) is 1.34. The van der Waals surface area contributed by atoms with E-state index in [1.165, 1.54) is 24.2 Å². The van der Waals surface area contributed by atoms with Gasteiger partial charge in [-0.2, -0.15) is 5.10 Å². The Hall–Kier alpha value is -1.91. The predicted molar refractivity (Wildman–Crippen MR) is 52.6 cm³/mol. The normalized spacial score (nSPS) is 10.3. The van der Waals surface area contributed by atoms with Gasteiger partial charge in [-0.3, -0.25) is 0 Å². The molecule has 0 N–H and O–H groups in total. The molecule has 0 atom stereocenters. The molecule has 1 aromatic carbocycles. The van der Waals surface area contributed by atoms with Gasteiger partial charge in [0.05, 0.1) is 7.11 Å². The molecule has 0 saturated heterocycles. The standard InChI is InChI=1S/C10H10FN3O/c1-7-12-6-14(13-7)10-8(11)4-3-5-9(10)15-2/h3-6H,1-2H3. The molecule has 15 heavy (non-hydrogen) atoms. The number of halogens is 1. The number of rotatable bonds is 2. The molecule has 0 aliphatic heterocycles. The molecule has 0 fully saturated rings. The van der Waals surface area contributed by atoms with Gasteiger partial charge >= 0.3 is 0 Å². The Bertz CT molecular complexity index is 481. The highest BCUT2D eigenvalue weighted by Gasteiger charge is 2.12. The zero-order valence-corrected chi connectivity index (χ0v) is 8.44. The van der Waals surface area contributed by atoms with Crippen LogP contribution in [0.2, 0.25) is 0 Å². The van der Waals surface area contributed by atoms with Gasteiger partial charge in [0.15, 0.2) is 5.82 Å². The van der Waals surface area contributed by atoms with Crippen molar-refractivity contribution in [2.24, 2.45) is 0 Å². The summed E-state index contributed by atoms with van der Waals surface area (Å²) in [4.78, 5) is 3.94. The van der Waals surface area contributed by atoms with Crippen molar-refractivity contribution in [1.82, 2.24) is 14.8 Å². The first kappa shape index (κ1) is 9.64. The lowest BCUT2D eigenvalue weighted by Crippen LogP contribution is -2.01. The second-order valence-corrected chi connectivity index (χ2v) is 3.03. The summed E-state index contributed by atoms with van der Waals surface area (Å²) in [6, 6.07) is 4.62. The Balaban J connectivity index is 2.60. The molecule has 0 aliphatic rings. The number of aromatic nitrogens is 3. The van der Waals surface area contributed by atoms with Crippen molar-refractivity contribution in [3.63, 3.8) is 0 Å². The highest BCUT2D eigenvalue weighted by Crippen LogP contribution is 2.24. The summed E-state index contributed by atoms with van der Waals surface area (Å²) in [7, 11) is 1.49. The van der Waals surface area contributed by atoms with Crippen LogP contribution >= 0.6 is 0 Å².